The molecule has 27 heavy (non-hydrogen) atoms. The fourth-order valence-corrected chi connectivity index (χ4v) is 3.76. The van der Waals surface area contributed by atoms with Gasteiger partial charge in [-0.1, -0.05) is 0 Å². The summed E-state index contributed by atoms with van der Waals surface area (Å²) in [5.74, 6) is 1.95. The third-order valence-electron chi connectivity index (χ3n) is 5.29. The molecule has 1 aromatic rings. The maximum Gasteiger partial charge on any atom is 0.191 e. The largest absolute Gasteiger partial charge is 0.393 e. The van der Waals surface area contributed by atoms with E-state index in [0.717, 1.165) is 57.1 Å². The van der Waals surface area contributed by atoms with Crippen molar-refractivity contribution in [2.75, 3.05) is 24.5 Å². The van der Waals surface area contributed by atoms with Gasteiger partial charge in [0, 0.05) is 31.9 Å². The van der Waals surface area contributed by atoms with E-state index in [1.54, 1.807) is 0 Å². The van der Waals surface area contributed by atoms with Crippen LogP contribution in [0.25, 0.3) is 0 Å². The quantitative estimate of drug-likeness (QED) is 0.339. The molecule has 6 nitrogen and oxygen atoms in total. The number of hydrogen-bond donors (Lipinski definition) is 3. The first-order valence-corrected chi connectivity index (χ1v) is 10.2. The molecule has 0 radical (unpaired) electrons. The Kier molecular flexibility index (Phi) is 9.61. The molecule has 2 aliphatic rings. The molecule has 1 saturated carbocycles. The van der Waals surface area contributed by atoms with Crippen LogP contribution >= 0.6 is 24.0 Å². The Morgan fingerprint density at radius 2 is 1.96 bits per heavy atom. The van der Waals surface area contributed by atoms with E-state index in [2.05, 4.69) is 39.6 Å². The van der Waals surface area contributed by atoms with E-state index in [1.807, 2.05) is 6.20 Å². The van der Waals surface area contributed by atoms with Crippen LogP contribution < -0.4 is 15.5 Å². The van der Waals surface area contributed by atoms with Crippen molar-refractivity contribution in [2.45, 2.75) is 70.6 Å². The fraction of sp³-hybridized carbons (Fsp3) is 0.700. The van der Waals surface area contributed by atoms with Gasteiger partial charge in [0.2, 0.25) is 0 Å². The van der Waals surface area contributed by atoms with E-state index in [9.17, 15) is 5.11 Å². The second kappa shape index (κ2) is 11.7. The number of nitrogens with zero attached hydrogens (tertiary/aromatic N) is 3. The lowest BCUT2D eigenvalue weighted by Crippen LogP contribution is -2.45. The van der Waals surface area contributed by atoms with Crippen molar-refractivity contribution >= 4 is 35.8 Å². The van der Waals surface area contributed by atoms with Crippen LogP contribution in [0.2, 0.25) is 0 Å². The molecule has 0 unspecified atom stereocenters. The zero-order valence-corrected chi connectivity index (χ0v) is 18.7. The predicted molar refractivity (Wildman–Crippen MR) is 122 cm³/mol. The lowest BCUT2D eigenvalue weighted by atomic mass is 9.93. The second-order valence-electron chi connectivity index (χ2n) is 7.41. The van der Waals surface area contributed by atoms with Gasteiger partial charge in [-0.05, 0) is 69.6 Å². The Morgan fingerprint density at radius 1 is 1.22 bits per heavy atom. The van der Waals surface area contributed by atoms with E-state index in [0.29, 0.717) is 12.6 Å². The minimum atomic E-state index is -0.127. The Morgan fingerprint density at radius 3 is 2.67 bits per heavy atom. The molecule has 1 aliphatic carbocycles. The SMILES string of the molecule is CCNC(=NCc1ccnc(N2CCCCC2)c1)NC1CCC(O)CC1.I. The van der Waals surface area contributed by atoms with Crippen LogP contribution in [-0.2, 0) is 6.54 Å². The molecule has 1 aliphatic heterocycles. The molecule has 0 aromatic carbocycles. The average Bonchev–Trinajstić information content (AvgIpc) is 2.69. The third-order valence-corrected chi connectivity index (χ3v) is 5.29. The van der Waals surface area contributed by atoms with Gasteiger partial charge in [-0.15, -0.1) is 24.0 Å². The minimum Gasteiger partial charge on any atom is -0.393 e. The monoisotopic (exact) mass is 487 g/mol. The number of aliphatic hydroxyl groups excluding tert-OH is 1. The van der Waals surface area contributed by atoms with Crippen molar-refractivity contribution in [3.63, 3.8) is 0 Å². The number of hydrogen-bond acceptors (Lipinski definition) is 4. The summed E-state index contributed by atoms with van der Waals surface area (Å²) in [5.41, 5.74) is 1.19. The van der Waals surface area contributed by atoms with Crippen LogP contribution in [0.1, 0.15) is 57.4 Å². The van der Waals surface area contributed by atoms with Gasteiger partial charge in [-0.2, -0.15) is 0 Å². The molecule has 1 saturated heterocycles. The molecule has 2 heterocycles. The molecule has 0 spiro atoms. The first-order valence-electron chi connectivity index (χ1n) is 10.2. The second-order valence-corrected chi connectivity index (χ2v) is 7.41. The van der Waals surface area contributed by atoms with Gasteiger partial charge in [-0.25, -0.2) is 9.98 Å². The highest BCUT2D eigenvalue weighted by Gasteiger charge is 2.20. The number of nitrogens with one attached hydrogen (secondary N) is 2. The van der Waals surface area contributed by atoms with Crippen LogP contribution in [0.5, 0.6) is 0 Å². The highest BCUT2D eigenvalue weighted by atomic mass is 127. The smallest absolute Gasteiger partial charge is 0.191 e. The van der Waals surface area contributed by atoms with E-state index in [-0.39, 0.29) is 30.1 Å². The van der Waals surface area contributed by atoms with Crippen LogP contribution in [0.4, 0.5) is 5.82 Å². The fourth-order valence-electron chi connectivity index (χ4n) is 3.76. The topological polar surface area (TPSA) is 72.8 Å². The number of aromatic nitrogens is 1. The van der Waals surface area contributed by atoms with Gasteiger partial charge in [0.25, 0.3) is 0 Å². The standard InChI is InChI=1S/C20H33N5O.HI/c1-2-21-20(24-17-6-8-18(26)9-7-17)23-15-16-10-11-22-19(14-16)25-12-4-3-5-13-25;/h10-11,14,17-18,26H,2-9,12-13,15H2,1H3,(H2,21,23,24);1H. The highest BCUT2D eigenvalue weighted by molar-refractivity contribution is 14.0. The molecule has 3 N–H and O–H groups in total. The zero-order chi connectivity index (χ0) is 18.2. The first kappa shape index (κ1) is 22.2. The van der Waals surface area contributed by atoms with Gasteiger partial charge in [0.05, 0.1) is 12.6 Å². The van der Waals surface area contributed by atoms with Gasteiger partial charge in [0.15, 0.2) is 5.96 Å². The molecular formula is C20H34IN5O. The number of piperidine rings is 1. The Labute approximate surface area is 180 Å². The molecule has 2 fully saturated rings. The number of aliphatic imine (C=N–C) groups is 1. The summed E-state index contributed by atoms with van der Waals surface area (Å²) < 4.78 is 0. The molecule has 152 valence electrons. The summed E-state index contributed by atoms with van der Waals surface area (Å²) >= 11 is 0. The summed E-state index contributed by atoms with van der Waals surface area (Å²) in [5, 5.41) is 16.5. The molecule has 7 heteroatoms. The summed E-state index contributed by atoms with van der Waals surface area (Å²) in [7, 11) is 0. The summed E-state index contributed by atoms with van der Waals surface area (Å²) in [6, 6.07) is 4.63. The van der Waals surface area contributed by atoms with Gasteiger partial charge in [-0.3, -0.25) is 0 Å². The molecule has 1 aromatic heterocycles. The summed E-state index contributed by atoms with van der Waals surface area (Å²) in [6.07, 6.45) is 9.37. The number of pyridine rings is 1. The average molecular weight is 487 g/mol. The molecule has 0 atom stereocenters. The van der Waals surface area contributed by atoms with Crippen LogP contribution in [-0.4, -0.2) is 47.8 Å². The Bertz CT molecular complexity index is 583. The van der Waals surface area contributed by atoms with E-state index in [1.165, 1.54) is 24.8 Å². The van der Waals surface area contributed by atoms with E-state index >= 15 is 0 Å². The van der Waals surface area contributed by atoms with Crippen molar-refractivity contribution in [2.24, 2.45) is 4.99 Å². The Balaban J connectivity index is 0.00000261. The van der Waals surface area contributed by atoms with Crippen molar-refractivity contribution in [3.05, 3.63) is 23.9 Å². The third kappa shape index (κ3) is 7.10. The number of anilines is 1. The molecule has 3 rings (SSSR count). The first-order chi connectivity index (χ1) is 12.7. The van der Waals surface area contributed by atoms with Gasteiger partial charge < -0.3 is 20.6 Å². The van der Waals surface area contributed by atoms with Gasteiger partial charge >= 0.3 is 0 Å². The minimum absolute atomic E-state index is 0. The highest BCUT2D eigenvalue weighted by Crippen LogP contribution is 2.19. The zero-order valence-electron chi connectivity index (χ0n) is 16.4. The lowest BCUT2D eigenvalue weighted by Gasteiger charge is -2.28. The van der Waals surface area contributed by atoms with E-state index < -0.39 is 0 Å². The summed E-state index contributed by atoms with van der Waals surface area (Å²) in [6.45, 7) is 5.79. The van der Waals surface area contributed by atoms with Crippen molar-refractivity contribution in [3.8, 4) is 0 Å². The lowest BCUT2D eigenvalue weighted by molar-refractivity contribution is 0.120. The number of halogens is 1. The maximum absolute atomic E-state index is 9.67. The number of aliphatic hydroxyl groups is 1. The number of guanidine groups is 1. The maximum atomic E-state index is 9.67. The van der Waals surface area contributed by atoms with Crippen molar-refractivity contribution in [1.29, 1.82) is 0 Å². The molecular weight excluding hydrogens is 453 g/mol. The van der Waals surface area contributed by atoms with Crippen molar-refractivity contribution < 1.29 is 5.11 Å². The van der Waals surface area contributed by atoms with Crippen LogP contribution in [0, 0.1) is 0 Å². The van der Waals surface area contributed by atoms with Gasteiger partial charge in [0.1, 0.15) is 5.82 Å². The predicted octanol–water partition coefficient (Wildman–Crippen LogP) is 3.05. The Hall–Kier alpha value is -1.09. The normalized spacial score (nSPS) is 23.5. The molecule has 0 bridgehead atoms. The molecule has 0 amide bonds. The van der Waals surface area contributed by atoms with E-state index in [4.69, 9.17) is 4.99 Å². The van der Waals surface area contributed by atoms with Crippen LogP contribution in [0.3, 0.4) is 0 Å². The van der Waals surface area contributed by atoms with Crippen LogP contribution in [0.15, 0.2) is 23.3 Å². The number of rotatable bonds is 5. The summed E-state index contributed by atoms with van der Waals surface area (Å²) in [4.78, 5) is 11.7. The van der Waals surface area contributed by atoms with Crippen molar-refractivity contribution in [1.82, 2.24) is 15.6 Å².